The van der Waals surface area contributed by atoms with Gasteiger partial charge in [0.05, 0.1) is 17.1 Å². The van der Waals surface area contributed by atoms with E-state index in [4.69, 9.17) is 0 Å². The van der Waals surface area contributed by atoms with Crippen LogP contribution in [0.2, 0.25) is 0 Å². The minimum absolute atomic E-state index is 0.136. The van der Waals surface area contributed by atoms with Crippen LogP contribution in [0.15, 0.2) is 43.1 Å². The minimum atomic E-state index is -4.21. The number of hydrogen-bond donors (Lipinski definition) is 1. The van der Waals surface area contributed by atoms with Gasteiger partial charge >= 0.3 is 6.18 Å². The van der Waals surface area contributed by atoms with Crippen LogP contribution in [0, 0.1) is 5.41 Å². The van der Waals surface area contributed by atoms with Crippen molar-refractivity contribution in [2.24, 2.45) is 5.41 Å². The van der Waals surface area contributed by atoms with E-state index in [-0.39, 0.29) is 25.3 Å². The minimum Gasteiger partial charge on any atom is -0.352 e. The highest BCUT2D eigenvalue weighted by Crippen LogP contribution is 2.57. The number of pyridine rings is 1. The molecule has 0 spiro atoms. The van der Waals surface area contributed by atoms with Crippen LogP contribution in [0.3, 0.4) is 0 Å². The lowest BCUT2D eigenvalue weighted by atomic mass is 10.1. The quantitative estimate of drug-likeness (QED) is 0.579. The summed E-state index contributed by atoms with van der Waals surface area (Å²) >= 11 is 0. The van der Waals surface area contributed by atoms with Crippen molar-refractivity contribution in [1.29, 1.82) is 0 Å². The first-order valence-electron chi connectivity index (χ1n) is 8.67. The van der Waals surface area contributed by atoms with Gasteiger partial charge in [0.2, 0.25) is 5.95 Å². The number of nitrogens with one attached hydrogen (secondary N) is 1. The highest BCUT2D eigenvalue weighted by molar-refractivity contribution is 5.84. The predicted octanol–water partition coefficient (Wildman–Crippen LogP) is 3.49. The fraction of sp³-hybridized carbons (Fsp3) is 0.278. The number of fused-ring (bicyclic) bond motifs is 2. The molecule has 4 heterocycles. The fourth-order valence-electron chi connectivity index (χ4n) is 3.19. The Morgan fingerprint density at radius 2 is 1.89 bits per heavy atom. The molecule has 0 amide bonds. The molecule has 10 heteroatoms. The van der Waals surface area contributed by atoms with Crippen LogP contribution in [0.4, 0.5) is 19.1 Å². The summed E-state index contributed by atoms with van der Waals surface area (Å²) in [6.45, 7) is -0.219. The second-order valence-corrected chi connectivity index (χ2v) is 6.90. The van der Waals surface area contributed by atoms with Crippen molar-refractivity contribution in [3.63, 3.8) is 0 Å². The van der Waals surface area contributed by atoms with Gasteiger partial charge in [-0.05, 0) is 25.0 Å². The van der Waals surface area contributed by atoms with E-state index in [9.17, 15) is 13.2 Å². The maximum Gasteiger partial charge on any atom is 0.396 e. The van der Waals surface area contributed by atoms with Crippen LogP contribution in [-0.4, -0.2) is 42.3 Å². The first-order chi connectivity index (χ1) is 13.5. The van der Waals surface area contributed by atoms with Gasteiger partial charge in [0, 0.05) is 42.5 Å². The Morgan fingerprint density at radius 1 is 1.07 bits per heavy atom. The van der Waals surface area contributed by atoms with E-state index in [0.717, 1.165) is 11.1 Å². The van der Waals surface area contributed by atoms with E-state index in [1.165, 1.54) is 0 Å². The molecular formula is C18H14F3N7. The van der Waals surface area contributed by atoms with Crippen LogP contribution in [0.1, 0.15) is 12.8 Å². The molecular weight excluding hydrogens is 371 g/mol. The fourth-order valence-corrected chi connectivity index (χ4v) is 3.19. The van der Waals surface area contributed by atoms with Gasteiger partial charge in [-0.2, -0.15) is 13.2 Å². The maximum atomic E-state index is 13.1. The summed E-state index contributed by atoms with van der Waals surface area (Å²) in [4.78, 5) is 16.9. The van der Waals surface area contributed by atoms with Crippen molar-refractivity contribution in [2.45, 2.75) is 19.0 Å². The van der Waals surface area contributed by atoms with E-state index in [1.54, 1.807) is 35.5 Å². The number of aromatic nitrogens is 6. The molecule has 0 unspecified atom stereocenters. The van der Waals surface area contributed by atoms with Crippen molar-refractivity contribution in [1.82, 2.24) is 29.5 Å². The summed E-state index contributed by atoms with van der Waals surface area (Å²) in [7, 11) is 0. The van der Waals surface area contributed by atoms with Crippen LogP contribution in [0.25, 0.3) is 27.8 Å². The van der Waals surface area contributed by atoms with Gasteiger partial charge in [0.15, 0.2) is 5.65 Å². The average molecular weight is 385 g/mol. The number of alkyl halides is 3. The summed E-state index contributed by atoms with van der Waals surface area (Å²) in [5.41, 5.74) is 1.96. The highest BCUT2D eigenvalue weighted by atomic mass is 19.4. The molecule has 5 rings (SSSR count). The highest BCUT2D eigenvalue weighted by Gasteiger charge is 2.62. The molecule has 1 aliphatic carbocycles. The molecule has 28 heavy (non-hydrogen) atoms. The first-order valence-corrected chi connectivity index (χ1v) is 8.67. The van der Waals surface area contributed by atoms with Crippen LogP contribution < -0.4 is 5.32 Å². The summed E-state index contributed by atoms with van der Waals surface area (Å²) < 4.78 is 40.7. The lowest BCUT2D eigenvalue weighted by molar-refractivity contribution is -0.182. The zero-order valence-electron chi connectivity index (χ0n) is 14.5. The summed E-state index contributed by atoms with van der Waals surface area (Å²) in [5.74, 6) is 0.160. The third kappa shape index (κ3) is 2.72. The predicted molar refractivity (Wildman–Crippen MR) is 95.5 cm³/mol. The largest absolute Gasteiger partial charge is 0.396 e. The number of rotatable bonds is 4. The van der Waals surface area contributed by atoms with Gasteiger partial charge < -0.3 is 5.32 Å². The second kappa shape index (κ2) is 5.85. The molecule has 0 bridgehead atoms. The Labute approximate surface area is 156 Å². The Balaban J connectivity index is 1.43. The van der Waals surface area contributed by atoms with Gasteiger partial charge in [0.25, 0.3) is 0 Å². The average Bonchev–Trinajstić information content (AvgIpc) is 3.39. The Kier molecular flexibility index (Phi) is 3.52. The summed E-state index contributed by atoms with van der Waals surface area (Å²) in [6.07, 6.45) is 4.24. The third-order valence-corrected chi connectivity index (χ3v) is 5.09. The van der Waals surface area contributed by atoms with Crippen LogP contribution in [-0.2, 0) is 0 Å². The molecule has 0 radical (unpaired) electrons. The van der Waals surface area contributed by atoms with Crippen molar-refractivity contribution in [3.05, 3.63) is 43.1 Å². The van der Waals surface area contributed by atoms with Crippen molar-refractivity contribution in [2.75, 3.05) is 11.9 Å². The molecule has 7 nitrogen and oxygen atoms in total. The van der Waals surface area contributed by atoms with Crippen molar-refractivity contribution < 1.29 is 13.2 Å². The number of anilines is 1. The van der Waals surface area contributed by atoms with Crippen LogP contribution >= 0.6 is 0 Å². The molecule has 4 aromatic rings. The SMILES string of the molecule is FC(F)(F)C1(CNc2ncc3c(-c4cnc5nccnc5c4)ccn3n2)CC1. The third-order valence-electron chi connectivity index (χ3n) is 5.09. The Hall–Kier alpha value is -3.30. The Bertz CT molecular complexity index is 1180. The van der Waals surface area contributed by atoms with Crippen LogP contribution in [0.5, 0.6) is 0 Å². The van der Waals surface area contributed by atoms with Gasteiger partial charge in [-0.15, -0.1) is 5.10 Å². The summed E-state index contributed by atoms with van der Waals surface area (Å²) in [6, 6.07) is 3.72. The van der Waals surface area contributed by atoms with Gasteiger partial charge in [0.1, 0.15) is 5.52 Å². The van der Waals surface area contributed by atoms with E-state index in [1.807, 2.05) is 12.1 Å². The van der Waals surface area contributed by atoms with Crippen molar-refractivity contribution in [3.8, 4) is 11.1 Å². The number of nitrogens with zero attached hydrogens (tertiary/aromatic N) is 6. The normalized spacial score (nSPS) is 15.8. The zero-order chi connectivity index (χ0) is 19.4. The molecule has 1 fully saturated rings. The molecule has 4 aromatic heterocycles. The van der Waals surface area contributed by atoms with Gasteiger partial charge in [-0.25, -0.2) is 19.5 Å². The standard InChI is InChI=1S/C18H14F3N7/c19-18(20,21)17(2-3-17)10-26-16-25-9-14-12(1-6-28(14)27-16)11-7-13-15(24-8-11)23-5-4-22-13/h1,4-9H,2-3,10H2,(H,26,27). The molecule has 0 aromatic carbocycles. The van der Waals surface area contributed by atoms with Crippen molar-refractivity contribution >= 4 is 22.6 Å². The topological polar surface area (TPSA) is 80.9 Å². The summed E-state index contributed by atoms with van der Waals surface area (Å²) in [5, 5.41) is 7.00. The number of halogens is 3. The van der Waals surface area contributed by atoms with E-state index in [0.29, 0.717) is 16.7 Å². The monoisotopic (exact) mass is 385 g/mol. The lowest BCUT2D eigenvalue weighted by Gasteiger charge is -2.19. The first kappa shape index (κ1) is 16.8. The Morgan fingerprint density at radius 3 is 2.68 bits per heavy atom. The second-order valence-electron chi connectivity index (χ2n) is 6.90. The molecule has 0 atom stereocenters. The zero-order valence-corrected chi connectivity index (χ0v) is 14.5. The number of hydrogen-bond acceptors (Lipinski definition) is 6. The molecule has 1 N–H and O–H groups in total. The maximum absolute atomic E-state index is 13.1. The van der Waals surface area contributed by atoms with Gasteiger partial charge in [-0.1, -0.05) is 0 Å². The van der Waals surface area contributed by atoms with Gasteiger partial charge in [-0.3, -0.25) is 4.98 Å². The molecule has 0 aliphatic heterocycles. The molecule has 0 saturated heterocycles. The molecule has 1 aliphatic rings. The van der Waals surface area contributed by atoms with E-state index in [2.05, 4.69) is 30.4 Å². The lowest BCUT2D eigenvalue weighted by Crippen LogP contribution is -2.32. The smallest absolute Gasteiger partial charge is 0.352 e. The molecule has 1 saturated carbocycles. The molecule has 142 valence electrons. The van der Waals surface area contributed by atoms with E-state index < -0.39 is 11.6 Å². The van der Waals surface area contributed by atoms with E-state index >= 15 is 0 Å².